The highest BCUT2D eigenvalue weighted by Crippen LogP contribution is 2.36. The number of rotatable bonds is 2. The Morgan fingerprint density at radius 3 is 2.59 bits per heavy atom. The van der Waals surface area contributed by atoms with Gasteiger partial charge < -0.3 is 10.3 Å². The zero-order chi connectivity index (χ0) is 15.9. The molecule has 2 N–H and O–H groups in total. The van der Waals surface area contributed by atoms with Gasteiger partial charge >= 0.3 is 6.03 Å². The SMILES string of the molecule is Cc1cc(/C=N/N2C(=O)NC3(CCC(C)CC3)C2=O)c(C)[nH]1. The van der Waals surface area contributed by atoms with Gasteiger partial charge in [-0.1, -0.05) is 6.92 Å². The van der Waals surface area contributed by atoms with Crippen LogP contribution in [0.5, 0.6) is 0 Å². The van der Waals surface area contributed by atoms with E-state index in [9.17, 15) is 9.59 Å². The summed E-state index contributed by atoms with van der Waals surface area (Å²) in [5.74, 6) is 0.393. The number of carbonyl (C=O) groups excluding carboxylic acids is 2. The molecule has 0 atom stereocenters. The highest BCUT2D eigenvalue weighted by molar-refractivity contribution is 6.07. The van der Waals surface area contributed by atoms with E-state index in [0.717, 1.165) is 34.8 Å². The van der Waals surface area contributed by atoms with Crippen molar-refractivity contribution in [1.29, 1.82) is 0 Å². The molecular weight excluding hydrogens is 280 g/mol. The maximum absolute atomic E-state index is 12.6. The number of imide groups is 1. The Balaban J connectivity index is 1.79. The Bertz CT molecular complexity index is 639. The Morgan fingerprint density at radius 1 is 1.32 bits per heavy atom. The molecule has 1 aromatic rings. The molecule has 3 rings (SSSR count). The number of aromatic amines is 1. The van der Waals surface area contributed by atoms with Crippen molar-refractivity contribution in [1.82, 2.24) is 15.3 Å². The van der Waals surface area contributed by atoms with Crippen molar-refractivity contribution in [2.24, 2.45) is 11.0 Å². The molecule has 1 aromatic heterocycles. The summed E-state index contributed by atoms with van der Waals surface area (Å²) in [6.07, 6.45) is 4.89. The lowest BCUT2D eigenvalue weighted by molar-refractivity contribution is -0.132. The first-order chi connectivity index (χ1) is 10.4. The molecule has 3 amide bonds. The van der Waals surface area contributed by atoms with Crippen molar-refractivity contribution in [3.8, 4) is 0 Å². The predicted octanol–water partition coefficient (Wildman–Crippen LogP) is 2.47. The minimum Gasteiger partial charge on any atom is -0.362 e. The molecule has 1 saturated heterocycles. The number of carbonyl (C=O) groups is 2. The number of hydrogen-bond acceptors (Lipinski definition) is 3. The third-order valence-electron chi connectivity index (χ3n) is 4.77. The number of H-pyrrole nitrogens is 1. The monoisotopic (exact) mass is 302 g/mol. The molecule has 2 heterocycles. The van der Waals surface area contributed by atoms with Crippen LogP contribution in [0, 0.1) is 19.8 Å². The molecule has 0 bridgehead atoms. The standard InChI is InChI=1S/C16H22N4O2/c1-10-4-6-16(7-5-10)14(21)20(15(22)19-16)17-9-13-8-11(2)18-12(13)3/h8-10,18H,4-7H2,1-3H3,(H,19,22)/b17-9+. The average molecular weight is 302 g/mol. The third-order valence-corrected chi connectivity index (χ3v) is 4.77. The van der Waals surface area contributed by atoms with Gasteiger partial charge in [0.05, 0.1) is 6.21 Å². The van der Waals surface area contributed by atoms with Gasteiger partial charge in [-0.15, -0.1) is 5.01 Å². The first-order valence-electron chi connectivity index (χ1n) is 7.78. The lowest BCUT2D eigenvalue weighted by atomic mass is 9.77. The summed E-state index contributed by atoms with van der Waals surface area (Å²) >= 11 is 0. The van der Waals surface area contributed by atoms with Gasteiger partial charge in [-0.3, -0.25) is 4.79 Å². The van der Waals surface area contributed by atoms with Crippen LogP contribution in [0.15, 0.2) is 11.2 Å². The van der Waals surface area contributed by atoms with Gasteiger partial charge in [-0.05, 0) is 51.5 Å². The maximum atomic E-state index is 12.6. The molecule has 1 aliphatic carbocycles. The summed E-state index contributed by atoms with van der Waals surface area (Å²) in [4.78, 5) is 27.9. The number of aryl methyl sites for hydroxylation is 2. The summed E-state index contributed by atoms with van der Waals surface area (Å²) in [6, 6.07) is 1.52. The van der Waals surface area contributed by atoms with Gasteiger partial charge in [-0.25, -0.2) is 4.79 Å². The van der Waals surface area contributed by atoms with E-state index in [-0.39, 0.29) is 5.91 Å². The molecule has 22 heavy (non-hydrogen) atoms. The second kappa shape index (κ2) is 5.26. The molecule has 2 aliphatic rings. The topological polar surface area (TPSA) is 77.6 Å². The lowest BCUT2D eigenvalue weighted by Crippen LogP contribution is -2.49. The predicted molar refractivity (Wildman–Crippen MR) is 83.6 cm³/mol. The van der Waals surface area contributed by atoms with E-state index in [1.54, 1.807) is 6.21 Å². The highest BCUT2D eigenvalue weighted by Gasteiger charge is 2.52. The fraction of sp³-hybridized carbons (Fsp3) is 0.562. The second-order valence-electron chi connectivity index (χ2n) is 6.59. The fourth-order valence-corrected chi connectivity index (χ4v) is 3.30. The number of nitrogens with one attached hydrogen (secondary N) is 2. The van der Waals surface area contributed by atoms with Crippen LogP contribution in [0.25, 0.3) is 0 Å². The Kier molecular flexibility index (Phi) is 3.54. The Morgan fingerprint density at radius 2 is 2.00 bits per heavy atom. The Hall–Kier alpha value is -2.11. The van der Waals surface area contributed by atoms with E-state index in [1.165, 1.54) is 0 Å². The second-order valence-corrected chi connectivity index (χ2v) is 6.59. The lowest BCUT2D eigenvalue weighted by Gasteiger charge is -2.33. The smallest absolute Gasteiger partial charge is 0.346 e. The average Bonchev–Trinajstić information content (AvgIpc) is 2.90. The summed E-state index contributed by atoms with van der Waals surface area (Å²) in [5.41, 5.74) is 2.14. The van der Waals surface area contributed by atoms with Crippen LogP contribution in [0.4, 0.5) is 4.79 Å². The fourth-order valence-electron chi connectivity index (χ4n) is 3.30. The maximum Gasteiger partial charge on any atom is 0.346 e. The van der Waals surface area contributed by atoms with Crippen molar-refractivity contribution in [2.45, 2.75) is 52.0 Å². The summed E-state index contributed by atoms with van der Waals surface area (Å²) in [7, 11) is 0. The number of hydrazone groups is 1. The number of nitrogens with zero attached hydrogens (tertiary/aromatic N) is 2. The van der Waals surface area contributed by atoms with E-state index >= 15 is 0 Å². The number of aromatic nitrogens is 1. The van der Waals surface area contributed by atoms with Gasteiger partial charge in [0.2, 0.25) is 0 Å². The summed E-state index contributed by atoms with van der Waals surface area (Å²) in [5, 5.41) is 7.97. The molecule has 0 unspecified atom stereocenters. The van der Waals surface area contributed by atoms with Crippen molar-refractivity contribution < 1.29 is 9.59 Å². The molecule has 6 heteroatoms. The van der Waals surface area contributed by atoms with E-state index < -0.39 is 11.6 Å². The van der Waals surface area contributed by atoms with Crippen molar-refractivity contribution in [3.05, 3.63) is 23.0 Å². The van der Waals surface area contributed by atoms with Gasteiger partial charge in [-0.2, -0.15) is 5.10 Å². The molecule has 1 spiro atoms. The van der Waals surface area contributed by atoms with Crippen molar-refractivity contribution in [3.63, 3.8) is 0 Å². The van der Waals surface area contributed by atoms with Crippen molar-refractivity contribution in [2.75, 3.05) is 0 Å². The van der Waals surface area contributed by atoms with Crippen LogP contribution >= 0.6 is 0 Å². The van der Waals surface area contributed by atoms with Gasteiger partial charge in [0, 0.05) is 17.0 Å². The van der Waals surface area contributed by atoms with Crippen LogP contribution in [-0.4, -0.2) is 33.7 Å². The van der Waals surface area contributed by atoms with E-state index in [0.29, 0.717) is 18.8 Å². The normalized spacial score (nSPS) is 28.9. The third kappa shape index (κ3) is 2.42. The van der Waals surface area contributed by atoms with Crippen LogP contribution < -0.4 is 5.32 Å². The molecular formula is C16H22N4O2. The minimum absolute atomic E-state index is 0.217. The van der Waals surface area contributed by atoms with Gasteiger partial charge in [0.15, 0.2) is 0 Å². The minimum atomic E-state index is -0.732. The van der Waals surface area contributed by atoms with Crippen LogP contribution in [-0.2, 0) is 4.79 Å². The highest BCUT2D eigenvalue weighted by atomic mass is 16.2. The van der Waals surface area contributed by atoms with Crippen molar-refractivity contribution >= 4 is 18.2 Å². The van der Waals surface area contributed by atoms with Gasteiger partial charge in [0.1, 0.15) is 5.54 Å². The number of amides is 3. The first-order valence-corrected chi connectivity index (χ1v) is 7.78. The van der Waals surface area contributed by atoms with E-state index in [4.69, 9.17) is 0 Å². The van der Waals surface area contributed by atoms with E-state index in [1.807, 2.05) is 19.9 Å². The molecule has 118 valence electrons. The number of hydrogen-bond donors (Lipinski definition) is 2. The molecule has 0 radical (unpaired) electrons. The molecule has 0 aromatic carbocycles. The van der Waals surface area contributed by atoms with Crippen LogP contribution in [0.2, 0.25) is 0 Å². The molecule has 1 saturated carbocycles. The van der Waals surface area contributed by atoms with Crippen LogP contribution in [0.1, 0.15) is 49.6 Å². The summed E-state index contributed by atoms with van der Waals surface area (Å²) < 4.78 is 0. The zero-order valence-electron chi connectivity index (χ0n) is 13.3. The summed E-state index contributed by atoms with van der Waals surface area (Å²) in [6.45, 7) is 6.07. The van der Waals surface area contributed by atoms with Gasteiger partial charge in [0.25, 0.3) is 5.91 Å². The molecule has 2 fully saturated rings. The Labute approximate surface area is 130 Å². The molecule has 6 nitrogen and oxygen atoms in total. The van der Waals surface area contributed by atoms with E-state index in [2.05, 4.69) is 22.3 Å². The number of urea groups is 1. The quantitative estimate of drug-likeness (QED) is 0.650. The zero-order valence-corrected chi connectivity index (χ0v) is 13.3. The largest absolute Gasteiger partial charge is 0.362 e. The van der Waals surface area contributed by atoms with Crippen LogP contribution in [0.3, 0.4) is 0 Å². The first kappa shape index (κ1) is 14.8. The molecule has 1 aliphatic heterocycles.